The van der Waals surface area contributed by atoms with Crippen LogP contribution in [0.2, 0.25) is 0 Å². The monoisotopic (exact) mass is 531 g/mol. The molecule has 1 amide bonds. The third-order valence-corrected chi connectivity index (χ3v) is 8.27. The first-order valence-corrected chi connectivity index (χ1v) is 13.8. The number of halogens is 3. The van der Waals surface area contributed by atoms with Gasteiger partial charge in [0.05, 0.1) is 6.10 Å². The normalized spacial score (nSPS) is 24.7. The Morgan fingerprint density at radius 1 is 0.974 bits per heavy atom. The molecule has 0 spiro atoms. The molecule has 206 valence electrons. The van der Waals surface area contributed by atoms with Gasteiger partial charge in [0.15, 0.2) is 0 Å². The van der Waals surface area contributed by atoms with E-state index in [-0.39, 0.29) is 61.4 Å². The molecule has 38 heavy (non-hydrogen) atoms. The molecule has 3 N–H and O–H groups in total. The number of piperidine rings is 1. The van der Waals surface area contributed by atoms with Crippen molar-refractivity contribution in [2.75, 3.05) is 23.7 Å². The van der Waals surface area contributed by atoms with Crippen LogP contribution in [0.5, 0.6) is 0 Å². The highest BCUT2D eigenvalue weighted by atomic mass is 19.3. The van der Waals surface area contributed by atoms with Crippen LogP contribution in [0.3, 0.4) is 0 Å². The number of nitrogens with zero attached hydrogens (tertiary/aromatic N) is 3. The Kier molecular flexibility index (Phi) is 8.07. The minimum atomic E-state index is -2.64. The Morgan fingerprint density at radius 3 is 2.29 bits per heavy atom. The van der Waals surface area contributed by atoms with E-state index in [1.807, 2.05) is 11.1 Å². The largest absolute Gasteiger partial charge is 0.393 e. The standard InChI is InChI=1S/C28H36F3N5O2/c29-20-1-3-22(4-2-20)34-27-32-17-24(25(35-27)33-21-5-7-23(37)8-6-21)18-11-15-36(16-12-18)26(38)19-9-13-28(30,31)14-10-19/h1-4,17-19,21,23,37H,5-16H2,(H2,32,33,34,35). The van der Waals surface area contributed by atoms with Gasteiger partial charge in [-0.3, -0.25) is 4.79 Å². The van der Waals surface area contributed by atoms with E-state index in [0.717, 1.165) is 49.9 Å². The number of hydrogen-bond donors (Lipinski definition) is 3. The maximum absolute atomic E-state index is 13.5. The fourth-order valence-electron chi connectivity index (χ4n) is 5.90. The highest BCUT2D eigenvalue weighted by Gasteiger charge is 2.39. The number of anilines is 3. The number of benzene rings is 1. The molecule has 10 heteroatoms. The first-order chi connectivity index (χ1) is 18.3. The van der Waals surface area contributed by atoms with Crippen LogP contribution >= 0.6 is 0 Å². The lowest BCUT2D eigenvalue weighted by molar-refractivity contribution is -0.140. The lowest BCUT2D eigenvalue weighted by Crippen LogP contribution is -2.43. The number of carbonyl (C=O) groups is 1. The fraction of sp³-hybridized carbons (Fsp3) is 0.607. The predicted octanol–water partition coefficient (Wildman–Crippen LogP) is 5.61. The first kappa shape index (κ1) is 26.7. The highest BCUT2D eigenvalue weighted by Crippen LogP contribution is 2.39. The van der Waals surface area contributed by atoms with Gasteiger partial charge in [-0.15, -0.1) is 0 Å². The zero-order valence-electron chi connectivity index (χ0n) is 21.5. The first-order valence-electron chi connectivity index (χ1n) is 13.8. The highest BCUT2D eigenvalue weighted by molar-refractivity contribution is 5.79. The fourth-order valence-corrected chi connectivity index (χ4v) is 5.90. The van der Waals surface area contributed by atoms with E-state index in [2.05, 4.69) is 15.6 Å². The average molecular weight is 532 g/mol. The molecule has 0 bridgehead atoms. The molecule has 1 aliphatic heterocycles. The molecule has 1 aromatic heterocycles. The summed E-state index contributed by atoms with van der Waals surface area (Å²) in [7, 11) is 0. The Bertz CT molecular complexity index is 1090. The van der Waals surface area contributed by atoms with Gasteiger partial charge in [-0.25, -0.2) is 18.2 Å². The van der Waals surface area contributed by atoms with Crippen LogP contribution in [0.15, 0.2) is 30.5 Å². The van der Waals surface area contributed by atoms with Gasteiger partial charge < -0.3 is 20.6 Å². The SMILES string of the molecule is O=C(C1CCC(F)(F)CC1)N1CCC(c2cnc(Nc3ccc(F)cc3)nc2NC2CCC(O)CC2)CC1. The van der Waals surface area contributed by atoms with Crippen molar-refractivity contribution < 1.29 is 23.1 Å². The number of aromatic nitrogens is 2. The summed E-state index contributed by atoms with van der Waals surface area (Å²) in [4.78, 5) is 24.1. The van der Waals surface area contributed by atoms with Crippen molar-refractivity contribution in [2.45, 2.75) is 88.2 Å². The Balaban J connectivity index is 1.27. The molecule has 1 aromatic carbocycles. The molecule has 2 aliphatic carbocycles. The number of likely N-dealkylation sites (tertiary alicyclic amines) is 1. The van der Waals surface area contributed by atoms with Gasteiger partial charge >= 0.3 is 0 Å². The maximum atomic E-state index is 13.5. The van der Waals surface area contributed by atoms with Gasteiger partial charge in [0.25, 0.3) is 0 Å². The van der Waals surface area contributed by atoms with E-state index >= 15 is 0 Å². The second kappa shape index (κ2) is 11.5. The molecule has 2 aromatic rings. The molecule has 2 heterocycles. The van der Waals surface area contributed by atoms with Gasteiger partial charge in [-0.2, -0.15) is 4.98 Å². The number of alkyl halides is 2. The Labute approximate surface area is 221 Å². The number of amides is 1. The number of aliphatic hydroxyl groups excluding tert-OH is 1. The molecular weight excluding hydrogens is 495 g/mol. The molecule has 1 saturated heterocycles. The number of rotatable bonds is 6. The molecule has 7 nitrogen and oxygen atoms in total. The summed E-state index contributed by atoms with van der Waals surface area (Å²) in [6.45, 7) is 1.17. The zero-order valence-corrected chi connectivity index (χ0v) is 21.5. The third kappa shape index (κ3) is 6.57. The second-order valence-electron chi connectivity index (χ2n) is 11.0. The average Bonchev–Trinajstić information content (AvgIpc) is 2.91. The van der Waals surface area contributed by atoms with E-state index in [9.17, 15) is 23.1 Å². The lowest BCUT2D eigenvalue weighted by Gasteiger charge is -2.37. The van der Waals surface area contributed by atoms with E-state index in [0.29, 0.717) is 24.7 Å². The van der Waals surface area contributed by atoms with Crippen LogP contribution in [0.4, 0.5) is 30.6 Å². The topological polar surface area (TPSA) is 90.4 Å². The quantitative estimate of drug-likeness (QED) is 0.449. The molecule has 0 unspecified atom stereocenters. The lowest BCUT2D eigenvalue weighted by atomic mass is 9.84. The van der Waals surface area contributed by atoms with Crippen molar-refractivity contribution >= 4 is 23.4 Å². The Hall–Kier alpha value is -2.88. The molecule has 0 atom stereocenters. The predicted molar refractivity (Wildman–Crippen MR) is 139 cm³/mol. The number of hydrogen-bond acceptors (Lipinski definition) is 6. The molecule has 2 saturated carbocycles. The summed E-state index contributed by atoms with van der Waals surface area (Å²) in [6, 6.07) is 6.19. The van der Waals surface area contributed by atoms with E-state index < -0.39 is 5.92 Å². The second-order valence-corrected chi connectivity index (χ2v) is 11.0. The number of carbonyl (C=O) groups excluding carboxylic acids is 1. The number of aliphatic hydroxyl groups is 1. The van der Waals surface area contributed by atoms with Crippen LogP contribution in [-0.2, 0) is 4.79 Å². The molecular formula is C28H36F3N5O2. The van der Waals surface area contributed by atoms with Crippen LogP contribution in [-0.4, -0.2) is 57.0 Å². The summed E-state index contributed by atoms with van der Waals surface area (Å²) >= 11 is 0. The van der Waals surface area contributed by atoms with Crippen molar-refractivity contribution in [3.8, 4) is 0 Å². The van der Waals surface area contributed by atoms with Gasteiger partial charge in [0.1, 0.15) is 11.6 Å². The van der Waals surface area contributed by atoms with Gasteiger partial charge in [0.2, 0.25) is 17.8 Å². The van der Waals surface area contributed by atoms with Crippen molar-refractivity contribution in [2.24, 2.45) is 5.92 Å². The van der Waals surface area contributed by atoms with Gasteiger partial charge in [-0.1, -0.05) is 0 Å². The number of nitrogens with one attached hydrogen (secondary N) is 2. The minimum Gasteiger partial charge on any atom is -0.393 e. The van der Waals surface area contributed by atoms with Crippen molar-refractivity contribution in [1.82, 2.24) is 14.9 Å². The molecule has 5 rings (SSSR count). The third-order valence-electron chi connectivity index (χ3n) is 8.27. The molecule has 3 fully saturated rings. The van der Waals surface area contributed by atoms with E-state index in [4.69, 9.17) is 4.98 Å². The minimum absolute atomic E-state index is 0.00755. The van der Waals surface area contributed by atoms with Crippen LogP contribution in [0.25, 0.3) is 0 Å². The van der Waals surface area contributed by atoms with Crippen LogP contribution in [0.1, 0.15) is 75.7 Å². The van der Waals surface area contributed by atoms with Crippen LogP contribution in [0, 0.1) is 11.7 Å². The van der Waals surface area contributed by atoms with Gasteiger partial charge in [-0.05, 0) is 81.5 Å². The summed E-state index contributed by atoms with van der Waals surface area (Å²) in [6.07, 6.45) is 6.34. The summed E-state index contributed by atoms with van der Waals surface area (Å²) in [5, 5.41) is 16.6. The summed E-state index contributed by atoms with van der Waals surface area (Å²) in [5.74, 6) is -1.95. The van der Waals surface area contributed by atoms with E-state index in [1.54, 1.807) is 12.1 Å². The molecule has 3 aliphatic rings. The summed E-state index contributed by atoms with van der Waals surface area (Å²) in [5.41, 5.74) is 1.67. The summed E-state index contributed by atoms with van der Waals surface area (Å²) < 4.78 is 40.4. The van der Waals surface area contributed by atoms with Gasteiger partial charge in [0, 0.05) is 55.3 Å². The Morgan fingerprint density at radius 2 is 1.63 bits per heavy atom. The maximum Gasteiger partial charge on any atom is 0.248 e. The molecule has 0 radical (unpaired) electrons. The van der Waals surface area contributed by atoms with Crippen molar-refractivity contribution in [1.29, 1.82) is 0 Å². The van der Waals surface area contributed by atoms with Crippen LogP contribution < -0.4 is 10.6 Å². The van der Waals surface area contributed by atoms with Crippen molar-refractivity contribution in [3.63, 3.8) is 0 Å². The smallest absolute Gasteiger partial charge is 0.248 e. The van der Waals surface area contributed by atoms with Crippen molar-refractivity contribution in [3.05, 3.63) is 41.8 Å². The van der Waals surface area contributed by atoms with E-state index in [1.165, 1.54) is 12.1 Å². The zero-order chi connectivity index (χ0) is 26.7.